The first kappa shape index (κ1) is 21.4. The van der Waals surface area contributed by atoms with Crippen LogP contribution >= 0.6 is 0 Å². The van der Waals surface area contributed by atoms with Crippen LogP contribution in [0, 0.1) is 0 Å². The molecule has 1 N–H and O–H groups in total. The zero-order valence-electron chi connectivity index (χ0n) is 16.3. The molecule has 0 aliphatic heterocycles. The number of benzene rings is 1. The highest BCUT2D eigenvalue weighted by Gasteiger charge is 2.33. The fraction of sp³-hybridized carbons (Fsp3) is 0.650. The quantitative estimate of drug-likeness (QED) is 0.727. The second-order valence-corrected chi connectivity index (χ2v) is 8.01. The van der Waals surface area contributed by atoms with Gasteiger partial charge < -0.3 is 14.8 Å². The Labute approximate surface area is 158 Å². The summed E-state index contributed by atoms with van der Waals surface area (Å²) in [5.74, 6) is 0.233. The maximum absolute atomic E-state index is 13.1. The summed E-state index contributed by atoms with van der Waals surface area (Å²) in [6.45, 7) is 7.28. The van der Waals surface area contributed by atoms with Crippen molar-refractivity contribution in [1.82, 2.24) is 5.32 Å². The highest BCUT2D eigenvalue weighted by molar-refractivity contribution is 5.68. The number of halogens is 3. The molecule has 1 amide bonds. The van der Waals surface area contributed by atoms with E-state index >= 15 is 0 Å². The fourth-order valence-electron chi connectivity index (χ4n) is 3.17. The number of amides is 1. The Hall–Kier alpha value is -1.92. The standard InChI is InChI=1S/C20H28F3NO3/c1-5-6-13-9-14(20(21,22)23)11-17(10-13)26-16-8-7-15(12-16)24-18(25)27-19(2,3)4/h9-11,15-16H,5-8,12H2,1-4H3,(H,24,25)/t15-,16-/m0/s1. The number of nitrogens with one attached hydrogen (secondary N) is 1. The van der Waals surface area contributed by atoms with Gasteiger partial charge in [-0.1, -0.05) is 13.3 Å². The first-order valence-electron chi connectivity index (χ1n) is 9.33. The van der Waals surface area contributed by atoms with E-state index in [2.05, 4.69) is 5.32 Å². The van der Waals surface area contributed by atoms with E-state index in [9.17, 15) is 18.0 Å². The van der Waals surface area contributed by atoms with Crippen LogP contribution in [-0.4, -0.2) is 23.8 Å². The van der Waals surface area contributed by atoms with Crippen LogP contribution in [0.1, 0.15) is 64.5 Å². The zero-order chi connectivity index (χ0) is 20.2. The van der Waals surface area contributed by atoms with Gasteiger partial charge in [0.25, 0.3) is 0 Å². The molecule has 1 fully saturated rings. The highest BCUT2D eigenvalue weighted by atomic mass is 19.4. The smallest absolute Gasteiger partial charge is 0.416 e. The first-order chi connectivity index (χ1) is 12.5. The van der Waals surface area contributed by atoms with Crippen molar-refractivity contribution in [2.45, 2.75) is 83.7 Å². The number of alkyl carbamates (subject to hydrolysis) is 1. The lowest BCUT2D eigenvalue weighted by Crippen LogP contribution is -2.38. The molecule has 2 rings (SSSR count). The Morgan fingerprint density at radius 2 is 1.89 bits per heavy atom. The normalized spacial score (nSPS) is 20.4. The molecule has 1 aromatic rings. The minimum atomic E-state index is -4.40. The van der Waals surface area contributed by atoms with E-state index in [0.717, 1.165) is 12.5 Å². The van der Waals surface area contributed by atoms with Crippen LogP contribution in [0.5, 0.6) is 5.75 Å². The summed E-state index contributed by atoms with van der Waals surface area (Å²) < 4.78 is 50.4. The molecule has 7 heteroatoms. The molecule has 1 aliphatic rings. The topological polar surface area (TPSA) is 47.6 Å². The Bertz CT molecular complexity index is 653. The minimum Gasteiger partial charge on any atom is -0.490 e. The molecular weight excluding hydrogens is 359 g/mol. The molecule has 0 unspecified atom stereocenters. The maximum Gasteiger partial charge on any atom is 0.416 e. The van der Waals surface area contributed by atoms with E-state index in [-0.39, 0.29) is 17.9 Å². The largest absolute Gasteiger partial charge is 0.490 e. The van der Waals surface area contributed by atoms with E-state index in [1.165, 1.54) is 6.07 Å². The molecule has 0 radical (unpaired) electrons. The molecule has 0 heterocycles. The Morgan fingerprint density at radius 1 is 1.19 bits per heavy atom. The molecular formula is C20H28F3NO3. The van der Waals surface area contributed by atoms with Gasteiger partial charge in [-0.05, 0) is 63.8 Å². The summed E-state index contributed by atoms with van der Waals surface area (Å²) in [5, 5.41) is 2.80. The minimum absolute atomic E-state index is 0.106. The van der Waals surface area contributed by atoms with Gasteiger partial charge in [0.05, 0.1) is 5.56 Å². The van der Waals surface area contributed by atoms with Crippen LogP contribution in [0.25, 0.3) is 0 Å². The average Bonchev–Trinajstić information content (AvgIpc) is 2.91. The van der Waals surface area contributed by atoms with E-state index in [4.69, 9.17) is 9.47 Å². The van der Waals surface area contributed by atoms with E-state index < -0.39 is 23.4 Å². The molecule has 1 aliphatic carbocycles. The molecule has 0 saturated heterocycles. The molecule has 0 spiro atoms. The molecule has 0 bridgehead atoms. The van der Waals surface area contributed by atoms with Crippen LogP contribution in [0.15, 0.2) is 18.2 Å². The van der Waals surface area contributed by atoms with Gasteiger partial charge in [-0.15, -0.1) is 0 Å². The highest BCUT2D eigenvalue weighted by Crippen LogP contribution is 2.34. The third-order valence-corrected chi connectivity index (χ3v) is 4.24. The Morgan fingerprint density at radius 3 is 2.48 bits per heavy atom. The molecule has 27 heavy (non-hydrogen) atoms. The number of rotatable bonds is 5. The number of hydrogen-bond donors (Lipinski definition) is 1. The van der Waals surface area contributed by atoms with Crippen molar-refractivity contribution >= 4 is 6.09 Å². The molecule has 0 aromatic heterocycles. The van der Waals surface area contributed by atoms with Crippen molar-refractivity contribution in [1.29, 1.82) is 0 Å². The number of hydrogen-bond acceptors (Lipinski definition) is 3. The first-order valence-corrected chi connectivity index (χ1v) is 9.33. The van der Waals surface area contributed by atoms with Crippen LogP contribution in [0.2, 0.25) is 0 Å². The summed E-state index contributed by atoms with van der Waals surface area (Å²) in [6.07, 6.45) is -1.90. The van der Waals surface area contributed by atoms with Gasteiger partial charge in [-0.25, -0.2) is 4.79 Å². The second-order valence-electron chi connectivity index (χ2n) is 8.01. The summed E-state index contributed by atoms with van der Waals surface area (Å²) in [4.78, 5) is 11.9. The number of ether oxygens (including phenoxy) is 2. The van der Waals surface area contributed by atoms with Crippen molar-refractivity contribution in [2.75, 3.05) is 0 Å². The predicted octanol–water partition coefficient (Wildman–Crippen LogP) is 5.48. The van der Waals surface area contributed by atoms with Gasteiger partial charge in [0.1, 0.15) is 17.5 Å². The molecule has 1 saturated carbocycles. The van der Waals surface area contributed by atoms with Gasteiger partial charge in [-0.2, -0.15) is 13.2 Å². The zero-order valence-corrected chi connectivity index (χ0v) is 16.3. The molecule has 4 nitrogen and oxygen atoms in total. The van der Waals surface area contributed by atoms with Crippen molar-refractivity contribution in [2.24, 2.45) is 0 Å². The number of alkyl halides is 3. The predicted molar refractivity (Wildman–Crippen MR) is 96.9 cm³/mol. The fourth-order valence-corrected chi connectivity index (χ4v) is 3.17. The number of carbonyl (C=O) groups excluding carboxylic acids is 1. The van der Waals surface area contributed by atoms with Gasteiger partial charge >= 0.3 is 12.3 Å². The average molecular weight is 387 g/mol. The summed E-state index contributed by atoms with van der Waals surface area (Å²) >= 11 is 0. The lowest BCUT2D eigenvalue weighted by molar-refractivity contribution is -0.137. The van der Waals surface area contributed by atoms with Crippen molar-refractivity contribution in [3.8, 4) is 5.75 Å². The van der Waals surface area contributed by atoms with Crippen molar-refractivity contribution in [3.05, 3.63) is 29.3 Å². The molecule has 1 aromatic carbocycles. The SMILES string of the molecule is CCCc1cc(O[C@H]2CC[C@H](NC(=O)OC(C)(C)C)C2)cc(C(F)(F)F)c1. The monoisotopic (exact) mass is 387 g/mol. The summed E-state index contributed by atoms with van der Waals surface area (Å²) in [5.41, 5.74) is -0.652. The van der Waals surface area contributed by atoms with Gasteiger partial charge in [0.15, 0.2) is 0 Å². The lowest BCUT2D eigenvalue weighted by Gasteiger charge is -2.22. The third kappa shape index (κ3) is 6.96. The molecule has 2 atom stereocenters. The Kier molecular flexibility index (Phi) is 6.65. The number of carbonyl (C=O) groups is 1. The number of aryl methyl sites for hydroxylation is 1. The van der Waals surface area contributed by atoms with Crippen LogP contribution in [0.4, 0.5) is 18.0 Å². The van der Waals surface area contributed by atoms with Gasteiger partial charge in [0, 0.05) is 12.5 Å². The molecule has 152 valence electrons. The van der Waals surface area contributed by atoms with E-state index in [1.54, 1.807) is 26.8 Å². The second kappa shape index (κ2) is 8.40. The van der Waals surface area contributed by atoms with Crippen LogP contribution < -0.4 is 10.1 Å². The van der Waals surface area contributed by atoms with Crippen LogP contribution in [0.3, 0.4) is 0 Å². The summed E-state index contributed by atoms with van der Waals surface area (Å²) in [7, 11) is 0. The van der Waals surface area contributed by atoms with Gasteiger partial charge in [-0.3, -0.25) is 0 Å². The van der Waals surface area contributed by atoms with Crippen LogP contribution in [-0.2, 0) is 17.3 Å². The lowest BCUT2D eigenvalue weighted by atomic mass is 10.1. The summed E-state index contributed by atoms with van der Waals surface area (Å²) in [6, 6.07) is 3.80. The maximum atomic E-state index is 13.1. The Balaban J connectivity index is 1.99. The van der Waals surface area contributed by atoms with E-state index in [1.807, 2.05) is 6.92 Å². The van der Waals surface area contributed by atoms with E-state index in [0.29, 0.717) is 31.2 Å². The van der Waals surface area contributed by atoms with Gasteiger partial charge in [0.2, 0.25) is 0 Å². The van der Waals surface area contributed by atoms with Crippen molar-refractivity contribution < 1.29 is 27.4 Å². The third-order valence-electron chi connectivity index (χ3n) is 4.24. The van der Waals surface area contributed by atoms with Crippen molar-refractivity contribution in [3.63, 3.8) is 0 Å².